The number of ether oxygens (including phenoxy) is 1. The first-order valence-corrected chi connectivity index (χ1v) is 11.6. The van der Waals surface area contributed by atoms with Gasteiger partial charge in [0.1, 0.15) is 11.5 Å². The lowest BCUT2D eigenvalue weighted by Gasteiger charge is -2.29. The van der Waals surface area contributed by atoms with Crippen molar-refractivity contribution in [2.75, 3.05) is 11.4 Å². The zero-order valence-electron chi connectivity index (χ0n) is 19.8. The van der Waals surface area contributed by atoms with Crippen molar-refractivity contribution in [3.8, 4) is 11.5 Å². The van der Waals surface area contributed by atoms with Crippen molar-refractivity contribution < 1.29 is 45.0 Å². The molecule has 0 bridgehead atoms. The van der Waals surface area contributed by atoms with Crippen LogP contribution in [0.25, 0.3) is 0 Å². The number of hydrogen-bond acceptors (Lipinski definition) is 3. The zero-order valence-corrected chi connectivity index (χ0v) is 20.5. The number of aryl methyl sites for hydroxylation is 1. The van der Waals surface area contributed by atoms with Gasteiger partial charge in [-0.25, -0.2) is 0 Å². The molecule has 0 fully saturated rings. The van der Waals surface area contributed by atoms with Crippen LogP contribution in [0.2, 0.25) is 5.02 Å². The Morgan fingerprint density at radius 1 is 0.868 bits per heavy atom. The minimum Gasteiger partial charge on any atom is -0.457 e. The largest absolute Gasteiger partial charge is 0.458 e. The number of rotatable bonds is 9. The smallest absolute Gasteiger partial charge is 0.457 e. The molecule has 0 aliphatic rings. The number of alkyl halides is 8. The standard InChI is InChI=1S/C26H22ClF8NO2/c1-2-17-12-21(9-10-22(17)27)38-20-8-4-7-19(13-20)36(15-23(37)25(30,31)32)14-16-5-3-6-18(11-16)24(28,29)26(33,34)35/h3-13,23,37H,2,14-15H2,1H3. The van der Waals surface area contributed by atoms with Crippen molar-refractivity contribution in [1.29, 1.82) is 0 Å². The van der Waals surface area contributed by atoms with E-state index in [0.29, 0.717) is 29.3 Å². The third-order valence-corrected chi connectivity index (χ3v) is 5.98. The molecule has 0 aliphatic carbocycles. The molecular weight excluding hydrogens is 546 g/mol. The summed E-state index contributed by atoms with van der Waals surface area (Å²) in [5.74, 6) is -4.56. The normalized spacial score (nSPS) is 13.3. The van der Waals surface area contributed by atoms with E-state index >= 15 is 0 Å². The first-order valence-electron chi connectivity index (χ1n) is 11.2. The number of anilines is 1. The van der Waals surface area contributed by atoms with Crippen LogP contribution in [0.4, 0.5) is 40.8 Å². The van der Waals surface area contributed by atoms with Crippen LogP contribution < -0.4 is 9.64 Å². The van der Waals surface area contributed by atoms with E-state index in [1.807, 2.05) is 6.92 Å². The molecule has 0 radical (unpaired) electrons. The van der Waals surface area contributed by atoms with Gasteiger partial charge in [-0.2, -0.15) is 35.1 Å². The Bertz CT molecular complexity index is 1250. The molecule has 38 heavy (non-hydrogen) atoms. The Labute approximate surface area is 218 Å². The van der Waals surface area contributed by atoms with Gasteiger partial charge in [-0.05, 0) is 53.9 Å². The highest BCUT2D eigenvalue weighted by Gasteiger charge is 2.58. The molecule has 0 amide bonds. The maximum Gasteiger partial charge on any atom is 0.458 e. The molecule has 1 N–H and O–H groups in total. The summed E-state index contributed by atoms with van der Waals surface area (Å²) in [6, 6.07) is 13.9. The Morgan fingerprint density at radius 2 is 1.53 bits per heavy atom. The summed E-state index contributed by atoms with van der Waals surface area (Å²) in [6.07, 6.45) is -13.1. The van der Waals surface area contributed by atoms with Gasteiger partial charge in [-0.3, -0.25) is 0 Å². The molecule has 0 aromatic heterocycles. The quantitative estimate of drug-likeness (QED) is 0.264. The van der Waals surface area contributed by atoms with Gasteiger partial charge in [0.2, 0.25) is 0 Å². The Kier molecular flexibility index (Phi) is 8.82. The molecule has 1 unspecified atom stereocenters. The van der Waals surface area contributed by atoms with Crippen LogP contribution in [0.1, 0.15) is 23.6 Å². The topological polar surface area (TPSA) is 32.7 Å². The van der Waals surface area contributed by atoms with Crippen molar-refractivity contribution in [2.45, 2.75) is 44.3 Å². The second-order valence-electron chi connectivity index (χ2n) is 8.42. The summed E-state index contributed by atoms with van der Waals surface area (Å²) in [5.41, 5.74) is -0.586. The SMILES string of the molecule is CCc1cc(Oc2cccc(N(Cc3cccc(C(F)(F)C(F)(F)F)c3)CC(O)C(F)(F)F)c2)ccc1Cl. The molecule has 0 heterocycles. The highest BCUT2D eigenvalue weighted by molar-refractivity contribution is 6.31. The fourth-order valence-electron chi connectivity index (χ4n) is 3.59. The van der Waals surface area contributed by atoms with E-state index in [-0.39, 0.29) is 17.0 Å². The van der Waals surface area contributed by atoms with Crippen LogP contribution in [0, 0.1) is 0 Å². The number of halogens is 9. The van der Waals surface area contributed by atoms with Gasteiger partial charge in [-0.1, -0.05) is 42.8 Å². The number of benzene rings is 3. The van der Waals surface area contributed by atoms with Gasteiger partial charge in [0.15, 0.2) is 6.10 Å². The van der Waals surface area contributed by atoms with Crippen LogP contribution >= 0.6 is 11.6 Å². The summed E-state index contributed by atoms with van der Waals surface area (Å²) in [7, 11) is 0. The minimum atomic E-state index is -5.86. The Hall–Kier alpha value is -3.05. The molecule has 3 aromatic carbocycles. The summed E-state index contributed by atoms with van der Waals surface area (Å²) >= 11 is 6.11. The predicted molar refractivity (Wildman–Crippen MR) is 127 cm³/mol. The third kappa shape index (κ3) is 7.08. The summed E-state index contributed by atoms with van der Waals surface area (Å²) in [6.45, 7) is 0.349. The molecular formula is C26H22ClF8NO2. The van der Waals surface area contributed by atoms with Crippen LogP contribution in [0.15, 0.2) is 66.7 Å². The second kappa shape index (κ2) is 11.4. The number of aliphatic hydroxyl groups is 1. The van der Waals surface area contributed by atoms with E-state index in [4.69, 9.17) is 16.3 Å². The van der Waals surface area contributed by atoms with Crippen LogP contribution in [-0.2, 0) is 18.9 Å². The van der Waals surface area contributed by atoms with Crippen molar-refractivity contribution in [3.63, 3.8) is 0 Å². The summed E-state index contributed by atoms with van der Waals surface area (Å²) in [4.78, 5) is 1.01. The highest BCUT2D eigenvalue weighted by atomic mass is 35.5. The highest BCUT2D eigenvalue weighted by Crippen LogP contribution is 2.44. The molecule has 12 heteroatoms. The average molecular weight is 568 g/mol. The number of aliphatic hydroxyl groups excluding tert-OH is 1. The lowest BCUT2D eigenvalue weighted by Crippen LogP contribution is -2.41. The maximum absolute atomic E-state index is 13.9. The Morgan fingerprint density at radius 3 is 2.16 bits per heavy atom. The Balaban J connectivity index is 1.94. The average Bonchev–Trinajstić information content (AvgIpc) is 2.84. The fraction of sp³-hybridized carbons (Fsp3) is 0.308. The second-order valence-corrected chi connectivity index (χ2v) is 8.82. The van der Waals surface area contributed by atoms with Crippen LogP contribution in [-0.4, -0.2) is 30.1 Å². The van der Waals surface area contributed by atoms with Gasteiger partial charge < -0.3 is 14.7 Å². The molecule has 3 nitrogen and oxygen atoms in total. The van der Waals surface area contributed by atoms with E-state index in [1.165, 1.54) is 30.3 Å². The predicted octanol–water partition coefficient (Wildman–Crippen LogP) is 8.28. The molecule has 206 valence electrons. The lowest BCUT2D eigenvalue weighted by molar-refractivity contribution is -0.289. The molecule has 0 spiro atoms. The van der Waals surface area contributed by atoms with Gasteiger partial charge in [0.25, 0.3) is 0 Å². The monoisotopic (exact) mass is 567 g/mol. The van der Waals surface area contributed by atoms with E-state index in [9.17, 15) is 40.2 Å². The molecule has 0 saturated heterocycles. The molecule has 3 aromatic rings. The zero-order chi connectivity index (χ0) is 28.3. The number of nitrogens with zero attached hydrogens (tertiary/aromatic N) is 1. The van der Waals surface area contributed by atoms with Gasteiger partial charge >= 0.3 is 18.3 Å². The first-order chi connectivity index (χ1) is 17.6. The molecule has 0 aliphatic heterocycles. The lowest BCUT2D eigenvalue weighted by atomic mass is 10.0. The summed E-state index contributed by atoms with van der Waals surface area (Å²) < 4.78 is 111. The van der Waals surface area contributed by atoms with Gasteiger partial charge in [0, 0.05) is 28.9 Å². The van der Waals surface area contributed by atoms with Crippen LogP contribution in [0.3, 0.4) is 0 Å². The minimum absolute atomic E-state index is 0.100. The van der Waals surface area contributed by atoms with Crippen molar-refractivity contribution >= 4 is 17.3 Å². The molecule has 0 saturated carbocycles. The third-order valence-electron chi connectivity index (χ3n) is 5.61. The number of hydrogen-bond donors (Lipinski definition) is 1. The van der Waals surface area contributed by atoms with Gasteiger partial charge in [-0.15, -0.1) is 0 Å². The maximum atomic E-state index is 13.9. The van der Waals surface area contributed by atoms with Crippen molar-refractivity contribution in [1.82, 2.24) is 0 Å². The van der Waals surface area contributed by atoms with E-state index in [0.717, 1.165) is 16.5 Å². The van der Waals surface area contributed by atoms with Crippen LogP contribution in [0.5, 0.6) is 11.5 Å². The van der Waals surface area contributed by atoms with Crippen molar-refractivity contribution in [3.05, 3.63) is 88.4 Å². The van der Waals surface area contributed by atoms with Crippen molar-refractivity contribution in [2.24, 2.45) is 0 Å². The van der Waals surface area contributed by atoms with E-state index < -0.39 is 43.0 Å². The first kappa shape index (κ1) is 29.5. The molecule has 3 rings (SSSR count). The van der Waals surface area contributed by atoms with E-state index in [1.54, 1.807) is 18.2 Å². The van der Waals surface area contributed by atoms with Gasteiger partial charge in [0.05, 0.1) is 6.54 Å². The molecule has 1 atom stereocenters. The summed E-state index contributed by atoms with van der Waals surface area (Å²) in [5, 5.41) is 10.2. The van der Waals surface area contributed by atoms with E-state index in [2.05, 4.69) is 0 Å². The fourth-order valence-corrected chi connectivity index (χ4v) is 3.84.